The number of amides is 2. The maximum Gasteiger partial charge on any atom is 0.261 e. The number of anilines is 2. The van der Waals surface area contributed by atoms with E-state index in [1.165, 1.54) is 10.9 Å². The molecule has 136 valence electrons. The van der Waals surface area contributed by atoms with Gasteiger partial charge in [-0.2, -0.15) is 0 Å². The lowest BCUT2D eigenvalue weighted by atomic mass is 10.1. The highest BCUT2D eigenvalue weighted by Crippen LogP contribution is 2.30. The number of para-hydroxylation sites is 1. The van der Waals surface area contributed by atoms with Crippen molar-refractivity contribution in [2.24, 2.45) is 0 Å². The van der Waals surface area contributed by atoms with Crippen LogP contribution in [-0.2, 0) is 22.6 Å². The van der Waals surface area contributed by atoms with Gasteiger partial charge in [-0.05, 0) is 42.3 Å². The smallest absolute Gasteiger partial charge is 0.261 e. The topological polar surface area (TPSA) is 84.3 Å². The summed E-state index contributed by atoms with van der Waals surface area (Å²) in [5, 5.41) is 3.29. The lowest BCUT2D eigenvalue weighted by Crippen LogP contribution is -2.28. The van der Waals surface area contributed by atoms with Crippen molar-refractivity contribution in [3.63, 3.8) is 0 Å². The van der Waals surface area contributed by atoms with Crippen LogP contribution < -0.4 is 15.8 Å². The molecule has 0 radical (unpaired) electrons. The quantitative estimate of drug-likeness (QED) is 0.772. The fourth-order valence-electron chi connectivity index (χ4n) is 3.38. The van der Waals surface area contributed by atoms with Crippen LogP contribution in [0.3, 0.4) is 0 Å². The zero-order valence-electron chi connectivity index (χ0n) is 14.8. The zero-order chi connectivity index (χ0) is 19.0. The molecule has 27 heavy (non-hydrogen) atoms. The molecule has 3 aromatic rings. The van der Waals surface area contributed by atoms with Crippen LogP contribution in [0.15, 0.2) is 53.6 Å². The molecule has 0 spiro atoms. The van der Waals surface area contributed by atoms with Gasteiger partial charge in [-0.1, -0.05) is 12.1 Å². The van der Waals surface area contributed by atoms with Crippen molar-refractivity contribution in [2.45, 2.75) is 19.9 Å². The average Bonchev–Trinajstić information content (AvgIpc) is 3.08. The van der Waals surface area contributed by atoms with E-state index < -0.39 is 0 Å². The van der Waals surface area contributed by atoms with Gasteiger partial charge in [0.1, 0.15) is 6.54 Å². The van der Waals surface area contributed by atoms with Gasteiger partial charge in [0.2, 0.25) is 11.8 Å². The second-order valence-corrected chi connectivity index (χ2v) is 6.51. The summed E-state index contributed by atoms with van der Waals surface area (Å²) in [5.74, 6) is -0.302. The molecule has 1 aromatic heterocycles. The Morgan fingerprint density at radius 2 is 2.00 bits per heavy atom. The summed E-state index contributed by atoms with van der Waals surface area (Å²) in [4.78, 5) is 42.4. The molecular weight excluding hydrogens is 344 g/mol. The predicted octanol–water partition coefficient (Wildman–Crippen LogP) is 1.94. The highest BCUT2D eigenvalue weighted by molar-refractivity contribution is 5.95. The van der Waals surface area contributed by atoms with Gasteiger partial charge in [0.05, 0.1) is 17.2 Å². The number of rotatable bonds is 3. The van der Waals surface area contributed by atoms with Crippen LogP contribution in [0.2, 0.25) is 0 Å². The highest BCUT2D eigenvalue weighted by atomic mass is 16.2. The van der Waals surface area contributed by atoms with E-state index in [1.54, 1.807) is 36.1 Å². The fraction of sp³-hybridized carbons (Fsp3) is 0.200. The Balaban J connectivity index is 1.52. The van der Waals surface area contributed by atoms with E-state index >= 15 is 0 Å². The lowest BCUT2D eigenvalue weighted by molar-refractivity contribution is -0.117. The third kappa shape index (κ3) is 3.19. The Hall–Kier alpha value is -3.48. The van der Waals surface area contributed by atoms with Crippen molar-refractivity contribution in [2.75, 3.05) is 16.8 Å². The Morgan fingerprint density at radius 1 is 1.19 bits per heavy atom. The lowest BCUT2D eigenvalue weighted by Gasteiger charge is -2.15. The Kier molecular flexibility index (Phi) is 4.19. The number of benzene rings is 2. The first-order valence-corrected chi connectivity index (χ1v) is 8.68. The van der Waals surface area contributed by atoms with Gasteiger partial charge in [0.15, 0.2) is 0 Å². The van der Waals surface area contributed by atoms with Gasteiger partial charge in [-0.25, -0.2) is 4.98 Å². The monoisotopic (exact) mass is 362 g/mol. The normalized spacial score (nSPS) is 12.9. The summed E-state index contributed by atoms with van der Waals surface area (Å²) in [7, 11) is 0. The second-order valence-electron chi connectivity index (χ2n) is 6.51. The standard InChI is InChI=1S/C20H18N4O3/c1-13(25)24-9-8-14-10-15(6-7-18(14)24)22-19(26)11-23-12-21-17-5-3-2-4-16(17)20(23)27/h2-7,10,12H,8-9,11H2,1H3,(H,22,26). The van der Waals surface area contributed by atoms with Gasteiger partial charge in [0, 0.05) is 24.8 Å². The number of hydrogen-bond donors (Lipinski definition) is 1. The third-order valence-electron chi connectivity index (χ3n) is 4.68. The van der Waals surface area contributed by atoms with E-state index in [0.29, 0.717) is 23.1 Å². The van der Waals surface area contributed by atoms with Crippen LogP contribution in [0.25, 0.3) is 10.9 Å². The minimum absolute atomic E-state index is 0.00807. The maximum absolute atomic E-state index is 12.5. The van der Waals surface area contributed by atoms with E-state index in [0.717, 1.165) is 17.7 Å². The van der Waals surface area contributed by atoms with Crippen molar-refractivity contribution >= 4 is 34.1 Å². The van der Waals surface area contributed by atoms with Crippen LogP contribution in [0.1, 0.15) is 12.5 Å². The Morgan fingerprint density at radius 3 is 2.81 bits per heavy atom. The van der Waals surface area contributed by atoms with Crippen molar-refractivity contribution in [1.82, 2.24) is 9.55 Å². The zero-order valence-corrected chi connectivity index (χ0v) is 14.8. The Labute approximate surface area is 155 Å². The molecule has 1 aliphatic heterocycles. The number of carbonyl (C=O) groups excluding carboxylic acids is 2. The van der Waals surface area contributed by atoms with Crippen LogP contribution in [-0.4, -0.2) is 27.9 Å². The van der Waals surface area contributed by atoms with Gasteiger partial charge in [-0.3, -0.25) is 19.0 Å². The van der Waals surface area contributed by atoms with E-state index in [-0.39, 0.29) is 23.9 Å². The summed E-state index contributed by atoms with van der Waals surface area (Å²) >= 11 is 0. The number of hydrogen-bond acceptors (Lipinski definition) is 4. The molecule has 0 fully saturated rings. The first-order chi connectivity index (χ1) is 13.0. The van der Waals surface area contributed by atoms with Gasteiger partial charge in [0.25, 0.3) is 5.56 Å². The van der Waals surface area contributed by atoms with E-state index in [2.05, 4.69) is 10.3 Å². The molecule has 0 saturated heterocycles. The second kappa shape index (κ2) is 6.68. The molecule has 0 atom stereocenters. The minimum Gasteiger partial charge on any atom is -0.325 e. The molecule has 0 unspecified atom stereocenters. The van der Waals surface area contributed by atoms with E-state index in [1.807, 2.05) is 18.2 Å². The summed E-state index contributed by atoms with van der Waals surface area (Å²) in [5.41, 5.74) is 2.91. The Bertz CT molecular complexity index is 1120. The largest absolute Gasteiger partial charge is 0.325 e. The third-order valence-corrected chi connectivity index (χ3v) is 4.68. The van der Waals surface area contributed by atoms with Crippen molar-refractivity contribution in [1.29, 1.82) is 0 Å². The van der Waals surface area contributed by atoms with E-state index in [9.17, 15) is 14.4 Å². The predicted molar refractivity (Wildman–Crippen MR) is 103 cm³/mol. The summed E-state index contributed by atoms with van der Waals surface area (Å²) < 4.78 is 1.29. The first-order valence-electron chi connectivity index (χ1n) is 8.68. The van der Waals surface area contributed by atoms with Gasteiger partial charge in [-0.15, -0.1) is 0 Å². The minimum atomic E-state index is -0.310. The molecule has 7 heteroatoms. The summed E-state index contributed by atoms with van der Waals surface area (Å²) in [6, 6.07) is 12.5. The number of fused-ring (bicyclic) bond motifs is 2. The molecule has 0 bridgehead atoms. The van der Waals surface area contributed by atoms with Crippen LogP contribution in [0.5, 0.6) is 0 Å². The SMILES string of the molecule is CC(=O)N1CCc2cc(NC(=O)Cn3cnc4ccccc4c3=O)ccc21. The van der Waals surface area contributed by atoms with E-state index in [4.69, 9.17) is 0 Å². The fourth-order valence-corrected chi connectivity index (χ4v) is 3.38. The average molecular weight is 362 g/mol. The molecule has 1 N–H and O–H groups in total. The molecule has 2 aromatic carbocycles. The molecule has 1 aliphatic rings. The number of nitrogens with one attached hydrogen (secondary N) is 1. The highest BCUT2D eigenvalue weighted by Gasteiger charge is 2.22. The number of nitrogens with zero attached hydrogens (tertiary/aromatic N) is 3. The number of aromatic nitrogens is 2. The van der Waals surface area contributed by atoms with Gasteiger partial charge >= 0.3 is 0 Å². The van der Waals surface area contributed by atoms with Crippen molar-refractivity contribution < 1.29 is 9.59 Å². The first kappa shape index (κ1) is 17.0. The summed E-state index contributed by atoms with van der Waals surface area (Å²) in [6.45, 7) is 2.08. The maximum atomic E-state index is 12.5. The molecule has 0 aliphatic carbocycles. The molecule has 0 saturated carbocycles. The molecular formula is C20H18N4O3. The van der Waals surface area contributed by atoms with Crippen LogP contribution in [0, 0.1) is 0 Å². The van der Waals surface area contributed by atoms with Gasteiger partial charge < -0.3 is 10.2 Å². The van der Waals surface area contributed by atoms with Crippen LogP contribution >= 0.6 is 0 Å². The summed E-state index contributed by atoms with van der Waals surface area (Å²) in [6.07, 6.45) is 2.14. The molecule has 2 heterocycles. The molecule has 7 nitrogen and oxygen atoms in total. The number of carbonyl (C=O) groups is 2. The molecule has 4 rings (SSSR count). The van der Waals surface area contributed by atoms with Crippen molar-refractivity contribution in [3.8, 4) is 0 Å². The van der Waals surface area contributed by atoms with Crippen LogP contribution in [0.4, 0.5) is 11.4 Å². The molecule has 2 amide bonds. The van der Waals surface area contributed by atoms with Crippen molar-refractivity contribution in [3.05, 3.63) is 64.7 Å².